The summed E-state index contributed by atoms with van der Waals surface area (Å²) >= 11 is 5.99. The number of hydrogen-bond donors (Lipinski definition) is 0. The normalized spacial score (nSPS) is 17.3. The predicted molar refractivity (Wildman–Crippen MR) is 60.9 cm³/mol. The van der Waals surface area contributed by atoms with Crippen molar-refractivity contribution in [3.05, 3.63) is 35.6 Å². The molecule has 3 nitrogen and oxygen atoms in total. The summed E-state index contributed by atoms with van der Waals surface area (Å²) in [5.41, 5.74) is 0.498. The Kier molecular flexibility index (Phi) is 3.43. The van der Waals surface area contributed by atoms with Gasteiger partial charge in [0.2, 0.25) is 5.91 Å². The molecule has 0 saturated carbocycles. The second kappa shape index (κ2) is 4.84. The lowest BCUT2D eigenvalue weighted by atomic mass is 10.1. The highest BCUT2D eigenvalue weighted by molar-refractivity contribution is 6.31. The summed E-state index contributed by atoms with van der Waals surface area (Å²) in [6.07, 6.45) is 1.07. The first kappa shape index (κ1) is 12.0. The van der Waals surface area contributed by atoms with Crippen LogP contribution in [-0.4, -0.2) is 23.3 Å². The van der Waals surface area contributed by atoms with E-state index in [1.165, 1.54) is 29.2 Å². The van der Waals surface area contributed by atoms with Gasteiger partial charge < -0.3 is 0 Å². The van der Waals surface area contributed by atoms with Crippen molar-refractivity contribution >= 4 is 23.4 Å². The van der Waals surface area contributed by atoms with Crippen molar-refractivity contribution in [1.29, 1.82) is 0 Å². The highest BCUT2D eigenvalue weighted by Crippen LogP contribution is 2.25. The van der Waals surface area contributed by atoms with E-state index >= 15 is 0 Å². The summed E-state index contributed by atoms with van der Waals surface area (Å²) < 4.78 is 12.7. The fourth-order valence-electron chi connectivity index (χ4n) is 1.79. The van der Waals surface area contributed by atoms with Crippen molar-refractivity contribution in [2.75, 3.05) is 6.54 Å². The van der Waals surface area contributed by atoms with Gasteiger partial charge in [-0.3, -0.25) is 14.5 Å². The number of halogens is 2. The minimum absolute atomic E-state index is 0.192. The van der Waals surface area contributed by atoms with Gasteiger partial charge in [-0.15, -0.1) is 11.6 Å². The molecular formula is C12H11ClFNO2. The highest BCUT2D eigenvalue weighted by Gasteiger charge is 2.31. The fourth-order valence-corrected chi connectivity index (χ4v) is 2.06. The van der Waals surface area contributed by atoms with Gasteiger partial charge in [0.1, 0.15) is 11.2 Å². The lowest BCUT2D eigenvalue weighted by Gasteiger charge is -2.17. The summed E-state index contributed by atoms with van der Waals surface area (Å²) in [5.74, 6) is -1.01. The molecule has 1 aliphatic heterocycles. The molecule has 1 fully saturated rings. The first-order chi connectivity index (χ1) is 8.09. The average Bonchev–Trinajstić information content (AvgIpc) is 2.74. The van der Waals surface area contributed by atoms with Crippen LogP contribution in [0.15, 0.2) is 24.3 Å². The summed E-state index contributed by atoms with van der Waals surface area (Å²) in [6.45, 7) is 0.419. The molecule has 5 heteroatoms. The molecule has 0 N–H and O–H groups in total. The number of likely N-dealkylation sites (tertiary alicyclic amines) is 1. The van der Waals surface area contributed by atoms with Crippen LogP contribution < -0.4 is 0 Å². The molecular weight excluding hydrogens is 245 g/mol. The van der Waals surface area contributed by atoms with Crippen LogP contribution in [0.3, 0.4) is 0 Å². The van der Waals surface area contributed by atoms with E-state index in [0.29, 0.717) is 24.9 Å². The van der Waals surface area contributed by atoms with Crippen LogP contribution >= 0.6 is 11.6 Å². The summed E-state index contributed by atoms with van der Waals surface area (Å²) in [5, 5.41) is -0.933. The number of carbonyl (C=O) groups is 2. The number of nitrogens with zero attached hydrogens (tertiary/aromatic N) is 1. The van der Waals surface area contributed by atoms with Gasteiger partial charge in [-0.05, 0) is 24.1 Å². The Morgan fingerprint density at radius 2 is 2.00 bits per heavy atom. The van der Waals surface area contributed by atoms with E-state index in [1.54, 1.807) is 0 Å². The Labute approximate surface area is 103 Å². The molecule has 0 spiro atoms. The molecule has 17 heavy (non-hydrogen) atoms. The van der Waals surface area contributed by atoms with Crippen molar-refractivity contribution < 1.29 is 14.0 Å². The summed E-state index contributed by atoms with van der Waals surface area (Å²) in [6, 6.07) is 5.38. The molecule has 1 aromatic rings. The lowest BCUT2D eigenvalue weighted by molar-refractivity contribution is -0.141. The van der Waals surface area contributed by atoms with Crippen LogP contribution in [0.1, 0.15) is 23.8 Å². The van der Waals surface area contributed by atoms with Gasteiger partial charge in [-0.1, -0.05) is 12.1 Å². The monoisotopic (exact) mass is 255 g/mol. The number of carbonyl (C=O) groups excluding carboxylic acids is 2. The van der Waals surface area contributed by atoms with Crippen LogP contribution in [0, 0.1) is 5.82 Å². The molecule has 0 aromatic heterocycles. The second-order valence-electron chi connectivity index (χ2n) is 3.90. The fraction of sp³-hybridized carbons (Fsp3) is 0.333. The van der Waals surface area contributed by atoms with Crippen LogP contribution in [-0.2, 0) is 9.59 Å². The van der Waals surface area contributed by atoms with Crippen molar-refractivity contribution in [2.45, 2.75) is 18.2 Å². The van der Waals surface area contributed by atoms with Crippen LogP contribution in [0.4, 0.5) is 4.39 Å². The van der Waals surface area contributed by atoms with E-state index in [-0.39, 0.29) is 11.7 Å². The molecule has 1 aliphatic rings. The summed E-state index contributed by atoms with van der Waals surface area (Å²) in [4.78, 5) is 24.5. The van der Waals surface area contributed by atoms with Gasteiger partial charge in [-0.2, -0.15) is 0 Å². The van der Waals surface area contributed by atoms with Gasteiger partial charge in [0, 0.05) is 13.0 Å². The molecule has 0 radical (unpaired) electrons. The van der Waals surface area contributed by atoms with E-state index in [1.807, 2.05) is 0 Å². The number of amides is 2. The zero-order valence-corrected chi connectivity index (χ0v) is 9.78. The number of hydrogen-bond acceptors (Lipinski definition) is 2. The number of alkyl halides is 1. The molecule has 1 atom stereocenters. The average molecular weight is 256 g/mol. The first-order valence-electron chi connectivity index (χ1n) is 5.33. The van der Waals surface area contributed by atoms with Crippen molar-refractivity contribution in [2.24, 2.45) is 0 Å². The van der Waals surface area contributed by atoms with Gasteiger partial charge >= 0.3 is 0 Å². The quantitative estimate of drug-likeness (QED) is 0.760. The standard InChI is InChI=1S/C12H11ClFNO2/c13-11(8-3-5-9(14)6-4-8)12(17)15-7-1-2-10(15)16/h3-6,11H,1-2,7H2/t11-/m1/s1. The molecule has 2 rings (SSSR count). The largest absolute Gasteiger partial charge is 0.281 e. The smallest absolute Gasteiger partial charge is 0.251 e. The van der Waals surface area contributed by atoms with Crippen LogP contribution in [0.25, 0.3) is 0 Å². The molecule has 0 bridgehead atoms. The number of rotatable bonds is 2. The maximum absolute atomic E-state index is 12.7. The Morgan fingerprint density at radius 3 is 2.53 bits per heavy atom. The van der Waals surface area contributed by atoms with Gasteiger partial charge in [0.25, 0.3) is 5.91 Å². The lowest BCUT2D eigenvalue weighted by Crippen LogP contribution is -2.34. The van der Waals surface area contributed by atoms with Gasteiger partial charge in [0.05, 0.1) is 0 Å². The Morgan fingerprint density at radius 1 is 1.35 bits per heavy atom. The van der Waals surface area contributed by atoms with E-state index in [0.717, 1.165) is 0 Å². The van der Waals surface area contributed by atoms with E-state index < -0.39 is 11.3 Å². The van der Waals surface area contributed by atoms with E-state index in [2.05, 4.69) is 0 Å². The molecule has 1 saturated heterocycles. The molecule has 1 aromatic carbocycles. The molecule has 1 heterocycles. The number of benzene rings is 1. The van der Waals surface area contributed by atoms with Crippen molar-refractivity contribution in [1.82, 2.24) is 4.90 Å². The minimum atomic E-state index is -0.933. The third-order valence-electron chi connectivity index (χ3n) is 2.72. The maximum atomic E-state index is 12.7. The third kappa shape index (κ3) is 2.47. The van der Waals surface area contributed by atoms with E-state index in [4.69, 9.17) is 11.6 Å². The molecule has 0 aliphatic carbocycles. The van der Waals surface area contributed by atoms with Crippen LogP contribution in [0.2, 0.25) is 0 Å². The Bertz CT molecular complexity index is 446. The van der Waals surface area contributed by atoms with Crippen molar-refractivity contribution in [3.63, 3.8) is 0 Å². The Balaban J connectivity index is 2.14. The Hall–Kier alpha value is -1.42. The van der Waals surface area contributed by atoms with E-state index in [9.17, 15) is 14.0 Å². The minimum Gasteiger partial charge on any atom is -0.281 e. The molecule has 0 unspecified atom stereocenters. The second-order valence-corrected chi connectivity index (χ2v) is 4.34. The predicted octanol–water partition coefficient (Wildman–Crippen LogP) is 2.25. The highest BCUT2D eigenvalue weighted by atomic mass is 35.5. The first-order valence-corrected chi connectivity index (χ1v) is 5.77. The number of imide groups is 1. The molecule has 90 valence electrons. The van der Waals surface area contributed by atoms with Gasteiger partial charge in [0.15, 0.2) is 0 Å². The van der Waals surface area contributed by atoms with Gasteiger partial charge in [-0.25, -0.2) is 4.39 Å². The van der Waals surface area contributed by atoms with Crippen molar-refractivity contribution in [3.8, 4) is 0 Å². The maximum Gasteiger partial charge on any atom is 0.251 e. The van der Waals surface area contributed by atoms with Crippen LogP contribution in [0.5, 0.6) is 0 Å². The topological polar surface area (TPSA) is 37.4 Å². The zero-order valence-electron chi connectivity index (χ0n) is 9.03. The third-order valence-corrected chi connectivity index (χ3v) is 3.16. The zero-order chi connectivity index (χ0) is 12.4. The molecule has 2 amide bonds. The SMILES string of the molecule is O=C1CCCN1C(=O)[C@H](Cl)c1ccc(F)cc1. The summed E-state index contributed by atoms with van der Waals surface area (Å²) in [7, 11) is 0.